The van der Waals surface area contributed by atoms with E-state index in [1.807, 2.05) is 4.90 Å². The number of nitrogens with zero attached hydrogens (tertiary/aromatic N) is 2. The van der Waals surface area contributed by atoms with Gasteiger partial charge in [-0.25, -0.2) is 8.42 Å². The van der Waals surface area contributed by atoms with Gasteiger partial charge in [0.25, 0.3) is 5.91 Å². The molecule has 0 aromatic carbocycles. The summed E-state index contributed by atoms with van der Waals surface area (Å²) in [5.41, 5.74) is 0.561. The highest BCUT2D eigenvalue weighted by Gasteiger charge is 2.33. The van der Waals surface area contributed by atoms with Gasteiger partial charge in [-0.3, -0.25) is 9.78 Å². The van der Waals surface area contributed by atoms with Gasteiger partial charge in [-0.05, 0) is 31.7 Å². The lowest BCUT2D eigenvalue weighted by molar-refractivity contribution is -0.142. The van der Waals surface area contributed by atoms with Crippen LogP contribution in [-0.2, 0) is 19.4 Å². The molecular weight excluding hydrogens is 352 g/mol. The van der Waals surface area contributed by atoms with Crippen molar-refractivity contribution >= 4 is 27.3 Å². The van der Waals surface area contributed by atoms with Crippen molar-refractivity contribution in [1.29, 1.82) is 0 Å². The smallest absolute Gasteiger partial charge is 0.251 e. The molecule has 0 aliphatic carbocycles. The standard InChI is InChI=1S/C16H21ClN2O4S/c1-24(21,22)14-9-12(17)10-18-15(14)11-4-6-19(7-5-11)16(20)13-3-2-8-23-13/h9-11,13H,2-8H2,1H3. The largest absolute Gasteiger partial charge is 0.368 e. The highest BCUT2D eigenvalue weighted by molar-refractivity contribution is 7.90. The molecule has 2 saturated heterocycles. The molecule has 1 aromatic rings. The zero-order chi connectivity index (χ0) is 17.3. The second kappa shape index (κ2) is 6.98. The Hall–Kier alpha value is -1.18. The first-order chi connectivity index (χ1) is 11.4. The van der Waals surface area contributed by atoms with E-state index in [0.717, 1.165) is 12.8 Å². The maximum atomic E-state index is 12.4. The van der Waals surface area contributed by atoms with Gasteiger partial charge >= 0.3 is 0 Å². The summed E-state index contributed by atoms with van der Waals surface area (Å²) >= 11 is 5.91. The number of hydrogen-bond donors (Lipinski definition) is 0. The van der Waals surface area contributed by atoms with Gasteiger partial charge in [-0.15, -0.1) is 0 Å². The maximum absolute atomic E-state index is 12.4. The molecule has 2 aliphatic rings. The third-order valence-electron chi connectivity index (χ3n) is 4.65. The van der Waals surface area contributed by atoms with Crippen molar-refractivity contribution in [3.05, 3.63) is 23.0 Å². The normalized spacial score (nSPS) is 22.8. The van der Waals surface area contributed by atoms with Gasteiger partial charge in [0.2, 0.25) is 0 Å². The van der Waals surface area contributed by atoms with Crippen LogP contribution in [0, 0.1) is 0 Å². The molecule has 1 amide bonds. The summed E-state index contributed by atoms with van der Waals surface area (Å²) in [4.78, 5) is 18.7. The van der Waals surface area contributed by atoms with Crippen LogP contribution in [-0.4, -0.2) is 56.3 Å². The molecule has 0 spiro atoms. The van der Waals surface area contributed by atoms with E-state index in [-0.39, 0.29) is 22.8 Å². The zero-order valence-corrected chi connectivity index (χ0v) is 15.1. The van der Waals surface area contributed by atoms with Crippen molar-refractivity contribution in [2.24, 2.45) is 0 Å². The number of ether oxygens (including phenoxy) is 1. The number of amides is 1. The Morgan fingerprint density at radius 3 is 2.62 bits per heavy atom. The van der Waals surface area contributed by atoms with Crippen LogP contribution >= 0.6 is 11.6 Å². The lowest BCUT2D eigenvalue weighted by atomic mass is 9.92. The minimum absolute atomic E-state index is 0.0144. The first-order valence-corrected chi connectivity index (χ1v) is 10.4. The van der Waals surface area contributed by atoms with Gasteiger partial charge in [0.15, 0.2) is 9.84 Å². The van der Waals surface area contributed by atoms with Crippen molar-refractivity contribution in [2.45, 2.75) is 42.6 Å². The molecule has 1 unspecified atom stereocenters. The number of likely N-dealkylation sites (tertiary alicyclic amines) is 1. The number of sulfone groups is 1. The molecule has 1 atom stereocenters. The fourth-order valence-electron chi connectivity index (χ4n) is 3.38. The Morgan fingerprint density at radius 1 is 1.33 bits per heavy atom. The lowest BCUT2D eigenvalue weighted by Gasteiger charge is -2.33. The predicted octanol–water partition coefficient (Wildman–Crippen LogP) is 2.02. The van der Waals surface area contributed by atoms with Crippen LogP contribution < -0.4 is 0 Å². The number of rotatable bonds is 3. The molecular formula is C16H21ClN2O4S. The average Bonchev–Trinajstić information content (AvgIpc) is 3.08. The number of pyridine rings is 1. The SMILES string of the molecule is CS(=O)(=O)c1cc(Cl)cnc1C1CCN(C(=O)C2CCCO2)CC1. The molecule has 1 aromatic heterocycles. The Labute approximate surface area is 147 Å². The number of hydrogen-bond acceptors (Lipinski definition) is 5. The van der Waals surface area contributed by atoms with Gasteiger partial charge in [0.1, 0.15) is 6.10 Å². The van der Waals surface area contributed by atoms with E-state index in [9.17, 15) is 13.2 Å². The Balaban J connectivity index is 1.72. The molecule has 2 aliphatic heterocycles. The van der Waals surface area contributed by atoms with E-state index in [1.165, 1.54) is 18.5 Å². The minimum Gasteiger partial charge on any atom is -0.368 e. The van der Waals surface area contributed by atoms with Gasteiger partial charge in [-0.2, -0.15) is 0 Å². The van der Waals surface area contributed by atoms with E-state index in [1.54, 1.807) is 0 Å². The van der Waals surface area contributed by atoms with Crippen LogP contribution in [0.3, 0.4) is 0 Å². The van der Waals surface area contributed by atoms with E-state index in [4.69, 9.17) is 16.3 Å². The van der Waals surface area contributed by atoms with Crippen molar-refractivity contribution in [3.63, 3.8) is 0 Å². The summed E-state index contributed by atoms with van der Waals surface area (Å²) in [6.07, 6.45) is 5.44. The summed E-state index contributed by atoms with van der Waals surface area (Å²) in [5.74, 6) is 0.0684. The van der Waals surface area contributed by atoms with E-state index < -0.39 is 9.84 Å². The van der Waals surface area contributed by atoms with E-state index >= 15 is 0 Å². The Morgan fingerprint density at radius 2 is 2.04 bits per heavy atom. The highest BCUT2D eigenvalue weighted by atomic mass is 35.5. The number of halogens is 1. The Bertz CT molecular complexity index is 724. The molecule has 132 valence electrons. The zero-order valence-electron chi connectivity index (χ0n) is 13.6. The molecule has 24 heavy (non-hydrogen) atoms. The Kier molecular flexibility index (Phi) is 5.13. The summed E-state index contributed by atoms with van der Waals surface area (Å²) in [6, 6.07) is 1.46. The van der Waals surface area contributed by atoms with Crippen molar-refractivity contribution in [1.82, 2.24) is 9.88 Å². The van der Waals surface area contributed by atoms with Gasteiger partial charge in [0, 0.05) is 38.1 Å². The summed E-state index contributed by atoms with van der Waals surface area (Å²) < 4.78 is 29.5. The summed E-state index contributed by atoms with van der Waals surface area (Å²) in [6.45, 7) is 1.84. The van der Waals surface area contributed by atoms with Gasteiger partial charge in [0.05, 0.1) is 15.6 Å². The molecule has 0 N–H and O–H groups in total. The monoisotopic (exact) mass is 372 g/mol. The average molecular weight is 373 g/mol. The van der Waals surface area contributed by atoms with Crippen LogP contribution in [0.4, 0.5) is 0 Å². The number of carbonyl (C=O) groups excluding carboxylic acids is 1. The molecule has 0 radical (unpaired) electrons. The number of piperidine rings is 1. The topological polar surface area (TPSA) is 76.6 Å². The van der Waals surface area contributed by atoms with E-state index in [0.29, 0.717) is 43.3 Å². The lowest BCUT2D eigenvalue weighted by Crippen LogP contribution is -2.43. The maximum Gasteiger partial charge on any atom is 0.251 e. The molecule has 3 heterocycles. The van der Waals surface area contributed by atoms with Crippen molar-refractivity contribution in [3.8, 4) is 0 Å². The third kappa shape index (κ3) is 3.73. The van der Waals surface area contributed by atoms with Gasteiger partial charge in [-0.1, -0.05) is 11.6 Å². The number of aromatic nitrogens is 1. The minimum atomic E-state index is -3.40. The summed E-state index contributed by atoms with van der Waals surface area (Å²) in [7, 11) is -3.40. The molecule has 0 bridgehead atoms. The van der Waals surface area contributed by atoms with Crippen LogP contribution in [0.25, 0.3) is 0 Å². The predicted molar refractivity (Wildman–Crippen MR) is 89.9 cm³/mol. The second-order valence-corrected chi connectivity index (χ2v) is 8.83. The van der Waals surface area contributed by atoms with Crippen molar-refractivity contribution in [2.75, 3.05) is 26.0 Å². The molecule has 0 saturated carbocycles. The quantitative estimate of drug-likeness (QED) is 0.811. The van der Waals surface area contributed by atoms with Crippen LogP contribution in [0.15, 0.2) is 17.2 Å². The first-order valence-electron chi connectivity index (χ1n) is 8.12. The van der Waals surface area contributed by atoms with Crippen LogP contribution in [0.2, 0.25) is 5.02 Å². The number of carbonyl (C=O) groups is 1. The van der Waals surface area contributed by atoms with Crippen LogP contribution in [0.1, 0.15) is 37.3 Å². The first kappa shape index (κ1) is 17.6. The third-order valence-corrected chi connectivity index (χ3v) is 5.98. The van der Waals surface area contributed by atoms with Gasteiger partial charge < -0.3 is 9.64 Å². The summed E-state index contributed by atoms with van der Waals surface area (Å²) in [5, 5.41) is 0.310. The molecule has 6 nitrogen and oxygen atoms in total. The van der Waals surface area contributed by atoms with E-state index in [2.05, 4.69) is 4.98 Å². The highest BCUT2D eigenvalue weighted by Crippen LogP contribution is 2.32. The molecule has 8 heteroatoms. The fraction of sp³-hybridized carbons (Fsp3) is 0.625. The van der Waals surface area contributed by atoms with Crippen LogP contribution in [0.5, 0.6) is 0 Å². The molecule has 3 rings (SSSR count). The second-order valence-electron chi connectivity index (χ2n) is 6.41. The molecule has 2 fully saturated rings. The van der Waals surface area contributed by atoms with Crippen molar-refractivity contribution < 1.29 is 17.9 Å². The fourth-order valence-corrected chi connectivity index (χ4v) is 4.55.